The van der Waals surface area contributed by atoms with Crippen LogP contribution >= 0.6 is 0 Å². The van der Waals surface area contributed by atoms with Crippen molar-refractivity contribution in [2.75, 3.05) is 31.1 Å². The molecule has 1 aliphatic rings. The molecule has 7 heteroatoms. The number of aromatic nitrogens is 4. The van der Waals surface area contributed by atoms with Gasteiger partial charge in [0.15, 0.2) is 11.6 Å². The van der Waals surface area contributed by atoms with E-state index in [1.807, 2.05) is 55.1 Å². The predicted molar refractivity (Wildman–Crippen MR) is 125 cm³/mol. The molecule has 0 N–H and O–H groups in total. The Kier molecular flexibility index (Phi) is 5.31. The standard InChI is InChI=1S/C25H26N6O/c1-18-16-19(2)31(28-18)24-11-10-23(26-27-24)29-12-14-30(15-13-29)25(32)17-21-8-5-7-20-6-3-4-9-22(20)21/h3-11,16H,12-15,17H2,1-2H3. The fourth-order valence-corrected chi connectivity index (χ4v) is 4.37. The molecule has 0 radical (unpaired) electrons. The van der Waals surface area contributed by atoms with Gasteiger partial charge in [-0.2, -0.15) is 5.10 Å². The Hall–Kier alpha value is -3.74. The van der Waals surface area contributed by atoms with E-state index in [4.69, 9.17) is 0 Å². The Bertz CT molecular complexity index is 1250. The lowest BCUT2D eigenvalue weighted by molar-refractivity contribution is -0.130. The van der Waals surface area contributed by atoms with Gasteiger partial charge in [0.1, 0.15) is 0 Å². The van der Waals surface area contributed by atoms with Crippen molar-refractivity contribution in [2.45, 2.75) is 20.3 Å². The van der Waals surface area contributed by atoms with Crippen molar-refractivity contribution in [3.05, 3.63) is 77.6 Å². The topological polar surface area (TPSA) is 67.2 Å². The number of hydrogen-bond acceptors (Lipinski definition) is 5. The number of carbonyl (C=O) groups is 1. The SMILES string of the molecule is Cc1cc(C)n(-c2ccc(N3CCN(C(=O)Cc4cccc5ccccc45)CC3)nn2)n1. The van der Waals surface area contributed by atoms with Crippen LogP contribution in [0.3, 0.4) is 0 Å². The minimum atomic E-state index is 0.173. The number of nitrogens with zero attached hydrogens (tertiary/aromatic N) is 6. The summed E-state index contributed by atoms with van der Waals surface area (Å²) in [6.45, 7) is 6.83. The lowest BCUT2D eigenvalue weighted by Crippen LogP contribution is -2.49. The minimum absolute atomic E-state index is 0.173. The highest BCUT2D eigenvalue weighted by atomic mass is 16.2. The molecule has 2 aromatic heterocycles. The fourth-order valence-electron chi connectivity index (χ4n) is 4.37. The van der Waals surface area contributed by atoms with Gasteiger partial charge in [0.05, 0.1) is 12.1 Å². The van der Waals surface area contributed by atoms with Crippen LogP contribution in [-0.4, -0.2) is 57.0 Å². The number of amides is 1. The maximum absolute atomic E-state index is 13.0. The molecular weight excluding hydrogens is 400 g/mol. The van der Waals surface area contributed by atoms with Crippen LogP contribution in [0.5, 0.6) is 0 Å². The summed E-state index contributed by atoms with van der Waals surface area (Å²) in [5, 5.41) is 15.6. The molecule has 0 atom stereocenters. The van der Waals surface area contributed by atoms with Gasteiger partial charge < -0.3 is 9.80 Å². The molecule has 1 amide bonds. The van der Waals surface area contributed by atoms with E-state index >= 15 is 0 Å². The Balaban J connectivity index is 1.22. The molecule has 7 nitrogen and oxygen atoms in total. The first-order valence-corrected chi connectivity index (χ1v) is 11.0. The van der Waals surface area contributed by atoms with E-state index in [-0.39, 0.29) is 5.91 Å². The third-order valence-electron chi connectivity index (χ3n) is 6.04. The number of anilines is 1. The maximum Gasteiger partial charge on any atom is 0.227 e. The molecule has 0 unspecified atom stereocenters. The molecule has 4 aromatic rings. The van der Waals surface area contributed by atoms with E-state index in [1.54, 1.807) is 4.68 Å². The average Bonchev–Trinajstić information content (AvgIpc) is 3.17. The average molecular weight is 427 g/mol. The smallest absolute Gasteiger partial charge is 0.227 e. The monoisotopic (exact) mass is 426 g/mol. The van der Waals surface area contributed by atoms with Crippen molar-refractivity contribution in [3.8, 4) is 5.82 Å². The molecule has 32 heavy (non-hydrogen) atoms. The third kappa shape index (κ3) is 3.93. The molecule has 2 aromatic carbocycles. The summed E-state index contributed by atoms with van der Waals surface area (Å²) in [6, 6.07) is 20.3. The van der Waals surface area contributed by atoms with Crippen LogP contribution < -0.4 is 4.90 Å². The van der Waals surface area contributed by atoms with Gasteiger partial charge in [-0.25, -0.2) is 4.68 Å². The van der Waals surface area contributed by atoms with Gasteiger partial charge in [-0.05, 0) is 48.4 Å². The van der Waals surface area contributed by atoms with E-state index in [2.05, 4.69) is 44.5 Å². The van der Waals surface area contributed by atoms with Gasteiger partial charge in [0, 0.05) is 31.9 Å². The number of benzene rings is 2. The van der Waals surface area contributed by atoms with Crippen LogP contribution in [0.15, 0.2) is 60.7 Å². The molecule has 1 fully saturated rings. The van der Waals surface area contributed by atoms with Crippen LogP contribution in [0.2, 0.25) is 0 Å². The van der Waals surface area contributed by atoms with Gasteiger partial charge in [0.25, 0.3) is 0 Å². The zero-order chi connectivity index (χ0) is 22.1. The molecule has 0 aliphatic carbocycles. The highest BCUT2D eigenvalue weighted by Gasteiger charge is 2.23. The lowest BCUT2D eigenvalue weighted by atomic mass is 10.0. The van der Waals surface area contributed by atoms with Crippen molar-refractivity contribution < 1.29 is 4.79 Å². The Morgan fingerprint density at radius 1 is 0.875 bits per heavy atom. The summed E-state index contributed by atoms with van der Waals surface area (Å²) >= 11 is 0. The second-order valence-corrected chi connectivity index (χ2v) is 8.27. The van der Waals surface area contributed by atoms with Gasteiger partial charge in [-0.3, -0.25) is 4.79 Å². The molecule has 1 saturated heterocycles. The van der Waals surface area contributed by atoms with Crippen LogP contribution in [0.25, 0.3) is 16.6 Å². The van der Waals surface area contributed by atoms with Crippen molar-refractivity contribution in [1.29, 1.82) is 0 Å². The normalized spacial score (nSPS) is 14.2. The summed E-state index contributed by atoms with van der Waals surface area (Å²) < 4.78 is 1.80. The molecule has 0 bridgehead atoms. The first kappa shape index (κ1) is 20.2. The van der Waals surface area contributed by atoms with E-state index in [9.17, 15) is 4.79 Å². The second kappa shape index (κ2) is 8.42. The van der Waals surface area contributed by atoms with Crippen LogP contribution in [0.4, 0.5) is 5.82 Å². The minimum Gasteiger partial charge on any atom is -0.352 e. The fraction of sp³-hybridized carbons (Fsp3) is 0.280. The van der Waals surface area contributed by atoms with E-state index in [0.29, 0.717) is 25.3 Å². The number of piperazine rings is 1. The third-order valence-corrected chi connectivity index (χ3v) is 6.04. The molecule has 162 valence electrons. The zero-order valence-corrected chi connectivity index (χ0v) is 18.4. The molecule has 0 spiro atoms. The summed E-state index contributed by atoms with van der Waals surface area (Å²) in [5.74, 6) is 1.71. The number of hydrogen-bond donors (Lipinski definition) is 0. The van der Waals surface area contributed by atoms with Gasteiger partial charge in [-0.1, -0.05) is 42.5 Å². The van der Waals surface area contributed by atoms with Crippen LogP contribution in [-0.2, 0) is 11.2 Å². The highest BCUT2D eigenvalue weighted by molar-refractivity contribution is 5.90. The van der Waals surface area contributed by atoms with Crippen molar-refractivity contribution in [3.63, 3.8) is 0 Å². The van der Waals surface area contributed by atoms with E-state index < -0.39 is 0 Å². The number of fused-ring (bicyclic) bond motifs is 1. The summed E-state index contributed by atoms with van der Waals surface area (Å²) in [4.78, 5) is 17.1. The highest BCUT2D eigenvalue weighted by Crippen LogP contribution is 2.20. The van der Waals surface area contributed by atoms with E-state index in [1.165, 1.54) is 5.39 Å². The Morgan fingerprint density at radius 2 is 1.59 bits per heavy atom. The maximum atomic E-state index is 13.0. The molecule has 0 saturated carbocycles. The van der Waals surface area contributed by atoms with E-state index in [0.717, 1.165) is 41.2 Å². The van der Waals surface area contributed by atoms with Crippen LogP contribution in [0.1, 0.15) is 17.0 Å². The zero-order valence-electron chi connectivity index (χ0n) is 18.4. The van der Waals surface area contributed by atoms with Gasteiger partial charge in [0.2, 0.25) is 5.91 Å². The van der Waals surface area contributed by atoms with Crippen molar-refractivity contribution >= 4 is 22.5 Å². The summed E-state index contributed by atoms with van der Waals surface area (Å²) in [7, 11) is 0. The van der Waals surface area contributed by atoms with Crippen LogP contribution in [0, 0.1) is 13.8 Å². The molecule has 3 heterocycles. The first-order chi connectivity index (χ1) is 15.6. The number of carbonyl (C=O) groups excluding carboxylic acids is 1. The number of aryl methyl sites for hydroxylation is 2. The Labute approximate surface area is 187 Å². The van der Waals surface area contributed by atoms with Gasteiger partial charge >= 0.3 is 0 Å². The summed E-state index contributed by atoms with van der Waals surface area (Å²) in [5.41, 5.74) is 3.07. The first-order valence-electron chi connectivity index (χ1n) is 11.0. The quantitative estimate of drug-likeness (QED) is 0.501. The Morgan fingerprint density at radius 3 is 2.31 bits per heavy atom. The molecule has 5 rings (SSSR count). The molecular formula is C25H26N6O. The second-order valence-electron chi connectivity index (χ2n) is 8.27. The van der Waals surface area contributed by atoms with Crippen molar-refractivity contribution in [2.24, 2.45) is 0 Å². The summed E-state index contributed by atoms with van der Waals surface area (Å²) in [6.07, 6.45) is 0.429. The molecule has 1 aliphatic heterocycles. The largest absolute Gasteiger partial charge is 0.352 e. The lowest BCUT2D eigenvalue weighted by Gasteiger charge is -2.35. The van der Waals surface area contributed by atoms with Crippen molar-refractivity contribution in [1.82, 2.24) is 24.9 Å². The number of rotatable bonds is 4. The predicted octanol–water partition coefficient (Wildman–Crippen LogP) is 3.32. The van der Waals surface area contributed by atoms with Gasteiger partial charge in [-0.15, -0.1) is 10.2 Å².